The Morgan fingerprint density at radius 3 is 1.33 bits per heavy atom. The molecule has 0 unspecified atom stereocenters. The van der Waals surface area contributed by atoms with Gasteiger partial charge in [-0.2, -0.15) is 0 Å². The second-order valence-electron chi connectivity index (χ2n) is 11.3. The molecule has 0 saturated heterocycles. The summed E-state index contributed by atoms with van der Waals surface area (Å²) >= 11 is 0. The van der Waals surface area contributed by atoms with Crippen LogP contribution in [0.25, 0.3) is 35.7 Å². The highest BCUT2D eigenvalue weighted by Crippen LogP contribution is 2.40. The number of ether oxygens (including phenoxy) is 6. The van der Waals surface area contributed by atoms with Crippen LogP contribution in [-0.4, -0.2) is 52.1 Å². The van der Waals surface area contributed by atoms with E-state index < -0.39 is 0 Å². The first kappa shape index (κ1) is 35.9. The fourth-order valence-corrected chi connectivity index (χ4v) is 5.34. The molecule has 0 N–H and O–H groups in total. The topological polar surface area (TPSA) is 81.2 Å². The highest BCUT2D eigenvalue weighted by Gasteiger charge is 2.14. The van der Waals surface area contributed by atoms with Gasteiger partial charge in [-0.25, -0.2) is 0 Å². The van der Waals surface area contributed by atoms with Crippen molar-refractivity contribution in [3.63, 3.8) is 0 Å². The van der Waals surface area contributed by atoms with Gasteiger partial charge in [-0.05, 0) is 77.2 Å². The Hall–Kier alpha value is -4.98. The molecule has 0 amide bonds. The number of hydrogen-bond donors (Lipinski definition) is 0. The summed E-state index contributed by atoms with van der Waals surface area (Å²) in [6.07, 6.45) is 20.2. The fourth-order valence-electron chi connectivity index (χ4n) is 5.34. The van der Waals surface area contributed by atoms with Gasteiger partial charge >= 0.3 is 0 Å². The Morgan fingerprint density at radius 1 is 0.479 bits per heavy atom. The van der Waals surface area contributed by atoms with Gasteiger partial charge in [0.05, 0.1) is 53.5 Å². The smallest absolute Gasteiger partial charge is 0.203 e. The molecule has 0 fully saturated rings. The van der Waals surface area contributed by atoms with E-state index in [0.717, 1.165) is 46.5 Å². The van der Waals surface area contributed by atoms with Gasteiger partial charge in [0.2, 0.25) is 11.5 Å². The summed E-state index contributed by atoms with van der Waals surface area (Å²) in [7, 11) is 8.10. The zero-order valence-electron chi connectivity index (χ0n) is 29.1. The fraction of sp³-hybridized carbons (Fsp3) is 0.350. The van der Waals surface area contributed by atoms with Gasteiger partial charge in [0.1, 0.15) is 0 Å². The van der Waals surface area contributed by atoms with E-state index in [1.54, 1.807) is 47.9 Å². The molecule has 0 spiro atoms. The van der Waals surface area contributed by atoms with Crippen LogP contribution in [-0.2, 0) is 0 Å². The van der Waals surface area contributed by atoms with Crippen LogP contribution in [0.15, 0.2) is 60.9 Å². The number of unbranched alkanes of at least 4 members (excludes halogenated alkanes) is 6. The summed E-state index contributed by atoms with van der Waals surface area (Å²) in [6, 6.07) is 15.7. The highest BCUT2D eigenvalue weighted by atomic mass is 16.5. The first-order valence-electron chi connectivity index (χ1n) is 16.5. The number of rotatable bonds is 19. The molecule has 254 valence electrons. The Bertz CT molecular complexity index is 1620. The van der Waals surface area contributed by atoms with Crippen molar-refractivity contribution in [1.82, 2.24) is 9.97 Å². The maximum absolute atomic E-state index is 6.13. The molecule has 4 rings (SSSR count). The molecule has 0 bridgehead atoms. The van der Waals surface area contributed by atoms with E-state index >= 15 is 0 Å². The van der Waals surface area contributed by atoms with Crippen LogP contribution in [0.4, 0.5) is 0 Å². The third kappa shape index (κ3) is 10.0. The standard InChI is InChI=1S/C40H48N2O6/c1-7-8-9-10-11-12-13-22-48-40-37(45-4)27-32(28-38(40)46-5)17-15-30-19-21-42-34(24-30)33-23-29(18-20-41-33)14-16-31-25-35(43-2)39(47-6)36(26-31)44-3/h14-21,23-28H,7-13,22H2,1-6H3/b16-14+,17-15+. The molecule has 0 aliphatic rings. The Balaban J connectivity index is 1.46. The van der Waals surface area contributed by atoms with E-state index in [1.807, 2.05) is 72.8 Å². The molecule has 48 heavy (non-hydrogen) atoms. The Kier molecular flexibility index (Phi) is 14.2. The van der Waals surface area contributed by atoms with Crippen LogP contribution in [0.5, 0.6) is 34.5 Å². The van der Waals surface area contributed by atoms with Crippen LogP contribution in [0.1, 0.15) is 74.1 Å². The molecule has 2 aromatic heterocycles. The van der Waals surface area contributed by atoms with Crippen molar-refractivity contribution in [3.8, 4) is 45.9 Å². The van der Waals surface area contributed by atoms with Crippen LogP contribution in [0, 0.1) is 0 Å². The first-order chi connectivity index (χ1) is 23.5. The second-order valence-corrected chi connectivity index (χ2v) is 11.3. The SMILES string of the molecule is CCCCCCCCCOc1c(OC)cc(/C=C/c2ccnc(-c3cc(/C=C/c4cc(OC)c(OC)c(OC)c4)ccn3)c2)cc1OC. The maximum Gasteiger partial charge on any atom is 0.203 e. The summed E-state index contributed by atoms with van der Waals surface area (Å²) in [5.74, 6) is 3.68. The summed E-state index contributed by atoms with van der Waals surface area (Å²) in [4.78, 5) is 9.18. The van der Waals surface area contributed by atoms with Crippen molar-refractivity contribution in [2.45, 2.75) is 51.9 Å². The minimum absolute atomic E-state index is 0.557. The largest absolute Gasteiger partial charge is 0.493 e. The van der Waals surface area contributed by atoms with Gasteiger partial charge in [0.15, 0.2) is 23.0 Å². The van der Waals surface area contributed by atoms with Gasteiger partial charge in [-0.3, -0.25) is 9.97 Å². The molecule has 0 saturated carbocycles. The van der Waals surface area contributed by atoms with Crippen LogP contribution in [0.2, 0.25) is 0 Å². The predicted octanol–water partition coefficient (Wildman–Crippen LogP) is 9.66. The van der Waals surface area contributed by atoms with Crippen molar-refractivity contribution >= 4 is 24.3 Å². The van der Waals surface area contributed by atoms with Gasteiger partial charge in [0.25, 0.3) is 0 Å². The van der Waals surface area contributed by atoms with Gasteiger partial charge in [-0.15, -0.1) is 0 Å². The summed E-state index contributed by atoms with van der Waals surface area (Å²) in [5.41, 5.74) is 5.34. The number of nitrogens with zero attached hydrogens (tertiary/aromatic N) is 2. The molecule has 0 atom stereocenters. The Labute approximate surface area is 285 Å². The van der Waals surface area contributed by atoms with E-state index in [1.165, 1.54) is 32.1 Å². The first-order valence-corrected chi connectivity index (χ1v) is 16.5. The highest BCUT2D eigenvalue weighted by molar-refractivity contribution is 5.76. The minimum atomic E-state index is 0.557. The number of benzene rings is 2. The average molecular weight is 653 g/mol. The van der Waals surface area contributed by atoms with Crippen LogP contribution < -0.4 is 28.4 Å². The second kappa shape index (κ2) is 19.0. The van der Waals surface area contributed by atoms with Gasteiger partial charge in [0, 0.05) is 12.4 Å². The van der Waals surface area contributed by atoms with E-state index in [2.05, 4.69) is 16.9 Å². The molecule has 4 aromatic rings. The van der Waals surface area contributed by atoms with Crippen LogP contribution in [0.3, 0.4) is 0 Å². The van der Waals surface area contributed by atoms with Crippen molar-refractivity contribution in [3.05, 3.63) is 83.2 Å². The molecule has 8 nitrogen and oxygen atoms in total. The van der Waals surface area contributed by atoms with E-state index in [4.69, 9.17) is 28.4 Å². The molecule has 2 heterocycles. The zero-order chi connectivity index (χ0) is 34.1. The lowest BCUT2D eigenvalue weighted by Gasteiger charge is -2.15. The minimum Gasteiger partial charge on any atom is -0.493 e. The maximum atomic E-state index is 6.13. The van der Waals surface area contributed by atoms with Crippen molar-refractivity contribution in [2.24, 2.45) is 0 Å². The van der Waals surface area contributed by atoms with E-state index in [0.29, 0.717) is 41.1 Å². The zero-order valence-corrected chi connectivity index (χ0v) is 29.1. The lowest BCUT2D eigenvalue weighted by molar-refractivity contribution is 0.267. The number of aromatic nitrogens is 2. The average Bonchev–Trinajstić information content (AvgIpc) is 3.13. The predicted molar refractivity (Wildman–Crippen MR) is 194 cm³/mol. The monoisotopic (exact) mass is 652 g/mol. The van der Waals surface area contributed by atoms with Crippen molar-refractivity contribution in [1.29, 1.82) is 0 Å². The lowest BCUT2D eigenvalue weighted by atomic mass is 10.1. The van der Waals surface area contributed by atoms with Crippen LogP contribution >= 0.6 is 0 Å². The van der Waals surface area contributed by atoms with E-state index in [9.17, 15) is 0 Å². The molecular weight excluding hydrogens is 604 g/mol. The third-order valence-electron chi connectivity index (χ3n) is 7.93. The third-order valence-corrected chi connectivity index (χ3v) is 7.93. The van der Waals surface area contributed by atoms with E-state index in [-0.39, 0.29) is 0 Å². The van der Waals surface area contributed by atoms with Crippen molar-refractivity contribution in [2.75, 3.05) is 42.2 Å². The molecule has 0 radical (unpaired) electrons. The molecule has 8 heteroatoms. The van der Waals surface area contributed by atoms with Gasteiger partial charge < -0.3 is 28.4 Å². The van der Waals surface area contributed by atoms with Gasteiger partial charge in [-0.1, -0.05) is 69.8 Å². The number of pyridine rings is 2. The molecular formula is C40H48N2O6. The molecule has 0 aliphatic carbocycles. The summed E-state index contributed by atoms with van der Waals surface area (Å²) in [5, 5.41) is 0. The van der Waals surface area contributed by atoms with Crippen molar-refractivity contribution < 1.29 is 28.4 Å². The lowest BCUT2D eigenvalue weighted by Crippen LogP contribution is -2.02. The molecule has 2 aromatic carbocycles. The normalized spacial score (nSPS) is 11.2. The number of methoxy groups -OCH3 is 5. The number of hydrogen-bond acceptors (Lipinski definition) is 8. The Morgan fingerprint density at radius 2 is 0.896 bits per heavy atom. The summed E-state index contributed by atoms with van der Waals surface area (Å²) < 4.78 is 33.9. The summed E-state index contributed by atoms with van der Waals surface area (Å²) in [6.45, 7) is 2.87. The quantitative estimate of drug-likeness (QED) is 0.0927. The molecule has 0 aliphatic heterocycles.